The summed E-state index contributed by atoms with van der Waals surface area (Å²) in [6.07, 6.45) is 3.16. The van der Waals surface area contributed by atoms with Crippen LogP contribution in [0.2, 0.25) is 10.0 Å². The van der Waals surface area contributed by atoms with Gasteiger partial charge >= 0.3 is 0 Å². The van der Waals surface area contributed by atoms with Crippen molar-refractivity contribution in [2.75, 3.05) is 6.54 Å². The SMILES string of the molecule is CC(C)NCCCc1nc(-c2ncc(Cl)cc2Cl)no1. The average Bonchev–Trinajstić information content (AvgIpc) is 2.83. The largest absolute Gasteiger partial charge is 0.339 e. The maximum atomic E-state index is 6.06. The molecule has 0 unspecified atom stereocenters. The summed E-state index contributed by atoms with van der Waals surface area (Å²) in [5.74, 6) is 0.969. The Hall–Kier alpha value is -1.17. The van der Waals surface area contributed by atoms with Gasteiger partial charge in [-0.05, 0) is 19.0 Å². The zero-order valence-electron chi connectivity index (χ0n) is 11.4. The van der Waals surface area contributed by atoms with E-state index >= 15 is 0 Å². The van der Waals surface area contributed by atoms with Crippen molar-refractivity contribution in [3.8, 4) is 11.5 Å². The smallest absolute Gasteiger partial charge is 0.227 e. The minimum absolute atomic E-state index is 0.387. The Kier molecular flexibility index (Phi) is 5.34. The average molecular weight is 315 g/mol. The molecule has 0 aliphatic rings. The predicted molar refractivity (Wildman–Crippen MR) is 79.0 cm³/mol. The van der Waals surface area contributed by atoms with Gasteiger partial charge < -0.3 is 9.84 Å². The number of nitrogens with one attached hydrogen (secondary N) is 1. The number of hydrogen-bond donors (Lipinski definition) is 1. The molecule has 1 N–H and O–H groups in total. The summed E-state index contributed by atoms with van der Waals surface area (Å²) >= 11 is 11.9. The number of rotatable bonds is 6. The Bertz CT molecular complexity index is 571. The standard InChI is InChI=1S/C13H16Cl2N4O/c1-8(2)16-5-3-4-11-18-13(19-20-11)12-10(15)6-9(14)7-17-12/h6-8,16H,3-5H2,1-2H3. The topological polar surface area (TPSA) is 63.8 Å². The highest BCUT2D eigenvalue weighted by Crippen LogP contribution is 2.25. The van der Waals surface area contributed by atoms with Crippen molar-refractivity contribution >= 4 is 23.2 Å². The number of pyridine rings is 1. The van der Waals surface area contributed by atoms with Crippen molar-refractivity contribution in [3.63, 3.8) is 0 Å². The molecule has 0 fully saturated rings. The Morgan fingerprint density at radius 3 is 2.85 bits per heavy atom. The molecule has 7 heteroatoms. The first kappa shape index (κ1) is 15.2. The van der Waals surface area contributed by atoms with Crippen molar-refractivity contribution in [1.29, 1.82) is 0 Å². The molecule has 5 nitrogen and oxygen atoms in total. The summed E-state index contributed by atoms with van der Waals surface area (Å²) in [6.45, 7) is 5.13. The van der Waals surface area contributed by atoms with Crippen molar-refractivity contribution < 1.29 is 4.52 Å². The molecule has 108 valence electrons. The van der Waals surface area contributed by atoms with E-state index in [0.717, 1.165) is 19.4 Å². The highest BCUT2D eigenvalue weighted by molar-refractivity contribution is 6.35. The van der Waals surface area contributed by atoms with Gasteiger partial charge in [-0.2, -0.15) is 4.98 Å². The van der Waals surface area contributed by atoms with Crippen LogP contribution in [-0.4, -0.2) is 27.7 Å². The van der Waals surface area contributed by atoms with E-state index in [4.69, 9.17) is 27.7 Å². The minimum Gasteiger partial charge on any atom is -0.339 e. The van der Waals surface area contributed by atoms with E-state index in [-0.39, 0.29) is 0 Å². The third-order valence-electron chi connectivity index (χ3n) is 2.61. The fourth-order valence-electron chi connectivity index (χ4n) is 1.66. The van der Waals surface area contributed by atoms with E-state index < -0.39 is 0 Å². The van der Waals surface area contributed by atoms with Gasteiger partial charge in [0, 0.05) is 18.7 Å². The van der Waals surface area contributed by atoms with Gasteiger partial charge in [-0.15, -0.1) is 0 Å². The Labute approximate surface area is 127 Å². The Morgan fingerprint density at radius 2 is 2.15 bits per heavy atom. The van der Waals surface area contributed by atoms with Crippen LogP contribution in [0.25, 0.3) is 11.5 Å². The van der Waals surface area contributed by atoms with Gasteiger partial charge in [-0.25, -0.2) is 4.98 Å². The predicted octanol–water partition coefficient (Wildman–Crippen LogP) is 3.37. The van der Waals surface area contributed by atoms with E-state index in [1.165, 1.54) is 6.20 Å². The number of aromatic nitrogens is 3. The molecule has 0 aliphatic heterocycles. The second-order valence-electron chi connectivity index (χ2n) is 4.71. The van der Waals surface area contributed by atoms with Gasteiger partial charge in [-0.1, -0.05) is 42.2 Å². The lowest BCUT2D eigenvalue weighted by Gasteiger charge is -2.05. The van der Waals surface area contributed by atoms with Crippen LogP contribution in [-0.2, 0) is 6.42 Å². The molecule has 0 saturated heterocycles. The normalized spacial score (nSPS) is 11.2. The number of nitrogens with zero attached hydrogens (tertiary/aromatic N) is 3. The number of hydrogen-bond acceptors (Lipinski definition) is 5. The van der Waals surface area contributed by atoms with Crippen LogP contribution in [0.15, 0.2) is 16.8 Å². The third-order valence-corrected chi connectivity index (χ3v) is 3.10. The van der Waals surface area contributed by atoms with Crippen LogP contribution in [0.3, 0.4) is 0 Å². The highest BCUT2D eigenvalue weighted by atomic mass is 35.5. The lowest BCUT2D eigenvalue weighted by Crippen LogP contribution is -2.23. The summed E-state index contributed by atoms with van der Waals surface area (Å²) in [5.41, 5.74) is 0.478. The van der Waals surface area contributed by atoms with E-state index in [2.05, 4.69) is 34.3 Å². The molecule has 2 aromatic heterocycles. The van der Waals surface area contributed by atoms with Crippen LogP contribution < -0.4 is 5.32 Å². The van der Waals surface area contributed by atoms with Crippen LogP contribution in [0, 0.1) is 0 Å². The van der Waals surface area contributed by atoms with Crippen LogP contribution in [0.1, 0.15) is 26.2 Å². The van der Waals surface area contributed by atoms with Gasteiger partial charge in [0.25, 0.3) is 0 Å². The molecule has 0 saturated carbocycles. The monoisotopic (exact) mass is 314 g/mol. The van der Waals surface area contributed by atoms with Crippen molar-refractivity contribution in [3.05, 3.63) is 28.2 Å². The summed E-state index contributed by atoms with van der Waals surface area (Å²) in [6, 6.07) is 2.08. The molecule has 0 atom stereocenters. The Morgan fingerprint density at radius 1 is 1.35 bits per heavy atom. The maximum absolute atomic E-state index is 6.06. The van der Waals surface area contributed by atoms with Crippen LogP contribution >= 0.6 is 23.2 Å². The molecular weight excluding hydrogens is 299 g/mol. The van der Waals surface area contributed by atoms with E-state index in [1.807, 2.05) is 0 Å². The highest BCUT2D eigenvalue weighted by Gasteiger charge is 2.13. The summed E-state index contributed by atoms with van der Waals surface area (Å²) in [7, 11) is 0. The third kappa shape index (κ3) is 4.16. The van der Waals surface area contributed by atoms with E-state index in [9.17, 15) is 0 Å². The molecule has 0 bridgehead atoms. The number of aryl methyl sites for hydroxylation is 1. The molecular formula is C13H16Cl2N4O. The van der Waals surface area contributed by atoms with E-state index in [0.29, 0.717) is 33.5 Å². The molecule has 0 amide bonds. The first-order valence-corrected chi connectivity index (χ1v) is 7.19. The molecule has 20 heavy (non-hydrogen) atoms. The van der Waals surface area contributed by atoms with Gasteiger partial charge in [-0.3, -0.25) is 0 Å². The van der Waals surface area contributed by atoms with Gasteiger partial charge in [0.1, 0.15) is 5.69 Å². The lowest BCUT2D eigenvalue weighted by molar-refractivity contribution is 0.374. The quantitative estimate of drug-likeness (QED) is 0.828. The second kappa shape index (κ2) is 7.02. The zero-order chi connectivity index (χ0) is 14.5. The summed E-state index contributed by atoms with van der Waals surface area (Å²) < 4.78 is 5.19. The van der Waals surface area contributed by atoms with Crippen LogP contribution in [0.4, 0.5) is 0 Å². The minimum atomic E-state index is 0.387. The zero-order valence-corrected chi connectivity index (χ0v) is 12.9. The maximum Gasteiger partial charge on any atom is 0.227 e. The van der Waals surface area contributed by atoms with Crippen LogP contribution in [0.5, 0.6) is 0 Å². The fraction of sp³-hybridized carbons (Fsp3) is 0.462. The van der Waals surface area contributed by atoms with Gasteiger partial charge in [0.2, 0.25) is 11.7 Å². The lowest BCUT2D eigenvalue weighted by atomic mass is 10.3. The number of halogens is 2. The summed E-state index contributed by atoms with van der Waals surface area (Å²) in [4.78, 5) is 8.41. The van der Waals surface area contributed by atoms with Crippen molar-refractivity contribution in [1.82, 2.24) is 20.4 Å². The van der Waals surface area contributed by atoms with E-state index in [1.54, 1.807) is 6.07 Å². The summed E-state index contributed by atoms with van der Waals surface area (Å²) in [5, 5.41) is 8.11. The van der Waals surface area contributed by atoms with Crippen molar-refractivity contribution in [2.45, 2.75) is 32.7 Å². The molecule has 0 spiro atoms. The molecule has 2 heterocycles. The Balaban J connectivity index is 1.98. The molecule has 2 rings (SSSR count). The molecule has 0 radical (unpaired) electrons. The first-order chi connectivity index (χ1) is 9.56. The molecule has 2 aromatic rings. The van der Waals surface area contributed by atoms with Gasteiger partial charge in [0.05, 0.1) is 10.0 Å². The molecule has 0 aliphatic carbocycles. The molecule has 0 aromatic carbocycles. The van der Waals surface area contributed by atoms with Crippen molar-refractivity contribution in [2.24, 2.45) is 0 Å². The van der Waals surface area contributed by atoms with Gasteiger partial charge in [0.15, 0.2) is 0 Å². The second-order valence-corrected chi connectivity index (χ2v) is 5.55. The fourth-order valence-corrected chi connectivity index (χ4v) is 2.13. The first-order valence-electron chi connectivity index (χ1n) is 6.43.